The van der Waals surface area contributed by atoms with Crippen LogP contribution < -0.4 is 0 Å². The number of hydrogen-bond acceptors (Lipinski definition) is 3. The maximum Gasteiger partial charge on any atom is 0.218 e. The van der Waals surface area contributed by atoms with Crippen molar-refractivity contribution in [2.45, 2.75) is 0 Å². The minimum absolute atomic E-state index is 0.150. The first-order chi connectivity index (χ1) is 6.31. The molecule has 0 aliphatic carbocycles. The van der Waals surface area contributed by atoms with Crippen LogP contribution >= 0.6 is 0 Å². The Bertz CT molecular complexity index is 493. The van der Waals surface area contributed by atoms with E-state index in [0.29, 0.717) is 0 Å². The maximum absolute atomic E-state index is 8.18. The van der Waals surface area contributed by atoms with Gasteiger partial charge in [-0.15, -0.1) is 0 Å². The van der Waals surface area contributed by atoms with Crippen LogP contribution in [0.2, 0.25) is 0 Å². The van der Waals surface area contributed by atoms with Gasteiger partial charge in [-0.25, -0.2) is 9.97 Å². The van der Waals surface area contributed by atoms with Gasteiger partial charge in [0.15, 0.2) is 0 Å². The summed E-state index contributed by atoms with van der Waals surface area (Å²) in [5.74, 6) is 0.150. The Labute approximate surface area is 73.5 Å². The van der Waals surface area contributed by atoms with Gasteiger partial charge in [0.2, 0.25) is 5.95 Å². The molecule has 0 aromatic carbocycles. The van der Waals surface area contributed by atoms with Gasteiger partial charge >= 0.3 is 0 Å². The second kappa shape index (κ2) is 2.76. The largest absolute Gasteiger partial charge is 0.335 e. The SMILES string of the molecule is Cn1ccc2cnc(N=[N+]=[N-])nc21. The van der Waals surface area contributed by atoms with Gasteiger partial charge in [0, 0.05) is 29.7 Å². The summed E-state index contributed by atoms with van der Waals surface area (Å²) >= 11 is 0. The van der Waals surface area contributed by atoms with Crippen molar-refractivity contribution in [3.8, 4) is 0 Å². The van der Waals surface area contributed by atoms with Gasteiger partial charge in [0.25, 0.3) is 0 Å². The molecule has 0 bridgehead atoms. The Morgan fingerprint density at radius 3 is 3.23 bits per heavy atom. The van der Waals surface area contributed by atoms with Crippen LogP contribution in [0, 0.1) is 0 Å². The van der Waals surface area contributed by atoms with Crippen molar-refractivity contribution in [1.82, 2.24) is 14.5 Å². The highest BCUT2D eigenvalue weighted by molar-refractivity contribution is 5.75. The van der Waals surface area contributed by atoms with Crippen LogP contribution in [0.25, 0.3) is 21.5 Å². The van der Waals surface area contributed by atoms with Gasteiger partial charge in [-0.1, -0.05) is 0 Å². The molecular formula is C7H6N6. The molecule has 0 saturated carbocycles. The number of rotatable bonds is 1. The maximum atomic E-state index is 8.18. The van der Waals surface area contributed by atoms with Gasteiger partial charge in [-0.3, -0.25) is 0 Å². The van der Waals surface area contributed by atoms with Crippen LogP contribution in [-0.2, 0) is 7.05 Å². The van der Waals surface area contributed by atoms with E-state index in [2.05, 4.69) is 20.0 Å². The predicted molar refractivity (Wildman–Crippen MR) is 47.3 cm³/mol. The molecule has 0 saturated heterocycles. The highest BCUT2D eigenvalue weighted by Gasteiger charge is 2.00. The van der Waals surface area contributed by atoms with Gasteiger partial charge in [-0.05, 0) is 16.7 Å². The van der Waals surface area contributed by atoms with E-state index in [4.69, 9.17) is 5.53 Å². The molecule has 0 unspecified atom stereocenters. The summed E-state index contributed by atoms with van der Waals surface area (Å²) in [7, 11) is 1.87. The van der Waals surface area contributed by atoms with Crippen LogP contribution in [0.1, 0.15) is 0 Å². The molecule has 0 N–H and O–H groups in total. The zero-order chi connectivity index (χ0) is 9.26. The van der Waals surface area contributed by atoms with Gasteiger partial charge in [-0.2, -0.15) is 0 Å². The smallest absolute Gasteiger partial charge is 0.218 e. The Morgan fingerprint density at radius 1 is 1.62 bits per heavy atom. The van der Waals surface area contributed by atoms with Crippen LogP contribution in [0.4, 0.5) is 5.95 Å². The van der Waals surface area contributed by atoms with Gasteiger partial charge in [0.05, 0.1) is 0 Å². The van der Waals surface area contributed by atoms with Crippen molar-refractivity contribution in [2.24, 2.45) is 12.2 Å². The van der Waals surface area contributed by atoms with E-state index in [1.165, 1.54) is 0 Å². The summed E-state index contributed by atoms with van der Waals surface area (Å²) in [6.45, 7) is 0. The van der Waals surface area contributed by atoms with Gasteiger partial charge < -0.3 is 4.57 Å². The predicted octanol–water partition coefficient (Wildman–Crippen LogP) is 1.91. The summed E-state index contributed by atoms with van der Waals surface area (Å²) in [5, 5.41) is 4.25. The molecular weight excluding hydrogens is 168 g/mol. The third-order valence-corrected chi connectivity index (χ3v) is 1.73. The Balaban J connectivity index is 2.72. The molecule has 2 aromatic heterocycles. The van der Waals surface area contributed by atoms with E-state index in [0.717, 1.165) is 11.0 Å². The zero-order valence-electron chi connectivity index (χ0n) is 6.92. The van der Waals surface area contributed by atoms with Crippen molar-refractivity contribution in [1.29, 1.82) is 0 Å². The molecule has 2 heterocycles. The fourth-order valence-corrected chi connectivity index (χ4v) is 1.12. The molecule has 0 radical (unpaired) electrons. The number of hydrogen-bond donors (Lipinski definition) is 0. The average molecular weight is 174 g/mol. The number of aryl methyl sites for hydroxylation is 1. The molecule has 13 heavy (non-hydrogen) atoms. The lowest BCUT2D eigenvalue weighted by Crippen LogP contribution is -1.88. The van der Waals surface area contributed by atoms with Crippen LogP contribution in [-0.4, -0.2) is 14.5 Å². The van der Waals surface area contributed by atoms with Gasteiger partial charge in [0.1, 0.15) is 5.65 Å². The van der Waals surface area contributed by atoms with E-state index in [1.807, 2.05) is 23.9 Å². The lowest BCUT2D eigenvalue weighted by atomic mass is 10.4. The monoisotopic (exact) mass is 174 g/mol. The fourth-order valence-electron chi connectivity index (χ4n) is 1.12. The second-order valence-electron chi connectivity index (χ2n) is 2.57. The molecule has 2 aromatic rings. The summed E-state index contributed by atoms with van der Waals surface area (Å²) in [6.07, 6.45) is 3.51. The molecule has 0 spiro atoms. The molecule has 6 heteroatoms. The normalized spacial score (nSPS) is 9.92. The number of nitrogens with zero attached hydrogens (tertiary/aromatic N) is 6. The first-order valence-electron chi connectivity index (χ1n) is 3.64. The number of aromatic nitrogens is 3. The standard InChI is InChI=1S/C7H6N6/c1-13-3-2-5-4-9-7(11-12-8)10-6(5)13/h2-4H,1H3. The average Bonchev–Trinajstić information content (AvgIpc) is 2.49. The Morgan fingerprint density at radius 2 is 2.46 bits per heavy atom. The lowest BCUT2D eigenvalue weighted by molar-refractivity contribution is 0.942. The van der Waals surface area contributed by atoms with Crippen molar-refractivity contribution < 1.29 is 0 Å². The highest BCUT2D eigenvalue weighted by Crippen LogP contribution is 2.13. The van der Waals surface area contributed by atoms with E-state index in [9.17, 15) is 0 Å². The third kappa shape index (κ3) is 1.19. The molecule has 2 rings (SSSR count). The second-order valence-corrected chi connectivity index (χ2v) is 2.57. The Hall–Kier alpha value is -2.07. The van der Waals surface area contributed by atoms with Crippen LogP contribution in [0.15, 0.2) is 23.6 Å². The van der Waals surface area contributed by atoms with E-state index in [-0.39, 0.29) is 5.95 Å². The van der Waals surface area contributed by atoms with E-state index >= 15 is 0 Å². The molecule has 6 nitrogen and oxygen atoms in total. The number of fused-ring (bicyclic) bond motifs is 1. The van der Waals surface area contributed by atoms with Crippen LogP contribution in [0.3, 0.4) is 0 Å². The zero-order valence-corrected chi connectivity index (χ0v) is 6.92. The third-order valence-electron chi connectivity index (χ3n) is 1.73. The van der Waals surface area contributed by atoms with E-state index < -0.39 is 0 Å². The number of azide groups is 1. The summed E-state index contributed by atoms with van der Waals surface area (Å²) < 4.78 is 1.84. The topological polar surface area (TPSA) is 79.5 Å². The molecule has 0 fully saturated rings. The summed E-state index contributed by atoms with van der Waals surface area (Å²) in [5.41, 5.74) is 8.94. The molecule has 0 atom stereocenters. The molecule has 0 aliphatic rings. The molecule has 0 amide bonds. The molecule has 64 valence electrons. The summed E-state index contributed by atoms with van der Waals surface area (Å²) in [6, 6.07) is 1.90. The first-order valence-corrected chi connectivity index (χ1v) is 3.64. The molecule has 0 aliphatic heterocycles. The first kappa shape index (κ1) is 7.57. The minimum Gasteiger partial charge on any atom is -0.335 e. The van der Waals surface area contributed by atoms with Crippen molar-refractivity contribution >= 4 is 17.0 Å². The van der Waals surface area contributed by atoms with Crippen molar-refractivity contribution in [2.75, 3.05) is 0 Å². The summed E-state index contributed by atoms with van der Waals surface area (Å²) in [4.78, 5) is 10.5. The minimum atomic E-state index is 0.150. The van der Waals surface area contributed by atoms with Crippen LogP contribution in [0.5, 0.6) is 0 Å². The highest BCUT2D eigenvalue weighted by atomic mass is 15.2. The van der Waals surface area contributed by atoms with Crippen molar-refractivity contribution in [3.05, 3.63) is 28.9 Å². The lowest BCUT2D eigenvalue weighted by Gasteiger charge is -1.94. The quantitative estimate of drug-likeness (QED) is 0.376. The van der Waals surface area contributed by atoms with E-state index in [1.54, 1.807) is 6.20 Å². The Kier molecular flexibility index (Phi) is 1.61. The fraction of sp³-hybridized carbons (Fsp3) is 0.143. The van der Waals surface area contributed by atoms with Crippen molar-refractivity contribution in [3.63, 3.8) is 0 Å².